The van der Waals surface area contributed by atoms with Crippen LogP contribution in [0, 0.1) is 5.41 Å². The molecule has 0 radical (unpaired) electrons. The van der Waals surface area contributed by atoms with E-state index in [2.05, 4.69) is 12.2 Å². The van der Waals surface area contributed by atoms with Crippen molar-refractivity contribution in [3.8, 4) is 5.75 Å². The summed E-state index contributed by atoms with van der Waals surface area (Å²) in [5.74, 6) is 0.127. The first kappa shape index (κ1) is 19.9. The van der Waals surface area contributed by atoms with Gasteiger partial charge in [-0.3, -0.25) is 14.4 Å². The highest BCUT2D eigenvalue weighted by Crippen LogP contribution is 2.28. The summed E-state index contributed by atoms with van der Waals surface area (Å²) in [5.41, 5.74) is 6.22. The van der Waals surface area contributed by atoms with Gasteiger partial charge in [0.2, 0.25) is 11.8 Å². The molecule has 0 bridgehead atoms. The van der Waals surface area contributed by atoms with Crippen molar-refractivity contribution in [3.63, 3.8) is 0 Å². The number of carbonyl (C=O) groups excluding carboxylic acids is 3. The van der Waals surface area contributed by atoms with E-state index in [-0.39, 0.29) is 42.4 Å². The van der Waals surface area contributed by atoms with Crippen molar-refractivity contribution in [2.75, 3.05) is 33.3 Å². The minimum absolute atomic E-state index is 0.0251. The summed E-state index contributed by atoms with van der Waals surface area (Å²) in [6.45, 7) is 3.85. The highest BCUT2D eigenvalue weighted by atomic mass is 16.5. The average molecular weight is 361 g/mol. The maximum absolute atomic E-state index is 12.2. The van der Waals surface area contributed by atoms with Crippen LogP contribution in [0.5, 0.6) is 5.75 Å². The lowest BCUT2D eigenvalue weighted by molar-refractivity contribution is -0.133. The zero-order valence-electron chi connectivity index (χ0n) is 15.4. The molecule has 1 saturated heterocycles. The molecule has 1 heterocycles. The predicted octanol–water partition coefficient (Wildman–Crippen LogP) is 0.972. The van der Waals surface area contributed by atoms with Crippen LogP contribution >= 0.6 is 0 Å². The van der Waals surface area contributed by atoms with Gasteiger partial charge in [-0.25, -0.2) is 0 Å². The topological polar surface area (TPSA) is 102 Å². The van der Waals surface area contributed by atoms with Gasteiger partial charge in [0.25, 0.3) is 0 Å². The van der Waals surface area contributed by atoms with Crippen molar-refractivity contribution in [1.29, 1.82) is 0 Å². The molecule has 1 atom stereocenters. The van der Waals surface area contributed by atoms with Gasteiger partial charge < -0.3 is 20.7 Å². The number of hydrogen-bond donors (Lipinski definition) is 2. The lowest BCUT2D eigenvalue weighted by Gasteiger charge is -2.22. The van der Waals surface area contributed by atoms with Gasteiger partial charge in [0.15, 0.2) is 5.78 Å². The normalized spacial score (nSPS) is 19.3. The molecule has 0 spiro atoms. The highest BCUT2D eigenvalue weighted by Gasteiger charge is 2.34. The minimum Gasteiger partial charge on any atom is -0.497 e. The first-order chi connectivity index (χ1) is 12.4. The van der Waals surface area contributed by atoms with Gasteiger partial charge >= 0.3 is 0 Å². The SMILES string of the molecule is COc1ccc(C(=O)CNC(=O)CCC(=O)N2CCC(C)(CN)C2)cc1. The summed E-state index contributed by atoms with van der Waals surface area (Å²) in [6, 6.07) is 6.69. The molecule has 0 aromatic heterocycles. The molecule has 7 nitrogen and oxygen atoms in total. The molecule has 1 fully saturated rings. The number of methoxy groups -OCH3 is 1. The van der Waals surface area contributed by atoms with Crippen molar-refractivity contribution >= 4 is 17.6 Å². The van der Waals surface area contributed by atoms with Crippen LogP contribution in [0.15, 0.2) is 24.3 Å². The molecular formula is C19H27N3O4. The molecule has 1 aromatic carbocycles. The van der Waals surface area contributed by atoms with Gasteiger partial charge in [0.05, 0.1) is 13.7 Å². The second kappa shape index (κ2) is 8.80. The Morgan fingerprint density at radius 1 is 1.23 bits per heavy atom. The van der Waals surface area contributed by atoms with Crippen LogP contribution < -0.4 is 15.8 Å². The van der Waals surface area contributed by atoms with Crippen molar-refractivity contribution in [2.45, 2.75) is 26.2 Å². The fraction of sp³-hybridized carbons (Fsp3) is 0.526. The van der Waals surface area contributed by atoms with E-state index in [1.807, 2.05) is 0 Å². The maximum Gasteiger partial charge on any atom is 0.223 e. The summed E-state index contributed by atoms with van der Waals surface area (Å²) < 4.78 is 5.04. The van der Waals surface area contributed by atoms with E-state index in [1.54, 1.807) is 36.3 Å². The number of ether oxygens (including phenoxy) is 1. The number of likely N-dealkylation sites (tertiary alicyclic amines) is 1. The van der Waals surface area contributed by atoms with Gasteiger partial charge in [-0.1, -0.05) is 6.92 Å². The van der Waals surface area contributed by atoms with E-state index in [0.29, 0.717) is 30.9 Å². The third kappa shape index (κ3) is 5.29. The van der Waals surface area contributed by atoms with Crippen LogP contribution in [0.2, 0.25) is 0 Å². The van der Waals surface area contributed by atoms with Crippen molar-refractivity contribution in [3.05, 3.63) is 29.8 Å². The number of nitrogens with zero attached hydrogens (tertiary/aromatic N) is 1. The lowest BCUT2D eigenvalue weighted by Crippen LogP contribution is -2.35. The number of hydrogen-bond acceptors (Lipinski definition) is 5. The van der Waals surface area contributed by atoms with E-state index < -0.39 is 0 Å². The largest absolute Gasteiger partial charge is 0.497 e. The molecule has 1 aromatic rings. The molecule has 1 aliphatic rings. The Bertz CT molecular complexity index is 659. The number of carbonyl (C=O) groups is 3. The van der Waals surface area contributed by atoms with Crippen LogP contribution in [-0.2, 0) is 9.59 Å². The lowest BCUT2D eigenvalue weighted by atomic mass is 9.90. The van der Waals surface area contributed by atoms with Gasteiger partial charge in [0.1, 0.15) is 5.75 Å². The van der Waals surface area contributed by atoms with Crippen molar-refractivity contribution in [1.82, 2.24) is 10.2 Å². The molecular weight excluding hydrogens is 334 g/mol. The second-order valence-corrected chi connectivity index (χ2v) is 7.01. The fourth-order valence-corrected chi connectivity index (χ4v) is 2.93. The van der Waals surface area contributed by atoms with E-state index in [0.717, 1.165) is 6.42 Å². The fourth-order valence-electron chi connectivity index (χ4n) is 2.93. The number of benzene rings is 1. The van der Waals surface area contributed by atoms with Crippen molar-refractivity contribution in [2.24, 2.45) is 11.1 Å². The molecule has 0 aliphatic carbocycles. The monoisotopic (exact) mass is 361 g/mol. The van der Waals surface area contributed by atoms with Crippen LogP contribution in [0.1, 0.15) is 36.5 Å². The zero-order chi connectivity index (χ0) is 19.2. The molecule has 7 heteroatoms. The highest BCUT2D eigenvalue weighted by molar-refractivity contribution is 5.99. The molecule has 2 rings (SSSR count). The smallest absolute Gasteiger partial charge is 0.223 e. The number of Topliss-reactive ketones (excluding diaryl/α,β-unsaturated/α-hetero) is 1. The predicted molar refractivity (Wildman–Crippen MR) is 97.9 cm³/mol. The van der Waals surface area contributed by atoms with Gasteiger partial charge in [-0.2, -0.15) is 0 Å². The Balaban J connectivity index is 1.71. The van der Waals surface area contributed by atoms with Crippen LogP contribution in [0.3, 0.4) is 0 Å². The van der Waals surface area contributed by atoms with E-state index in [4.69, 9.17) is 10.5 Å². The molecule has 1 unspecified atom stereocenters. The summed E-state index contributed by atoms with van der Waals surface area (Å²) in [6.07, 6.45) is 1.10. The molecule has 1 aliphatic heterocycles. The summed E-state index contributed by atoms with van der Waals surface area (Å²) in [7, 11) is 1.55. The first-order valence-electron chi connectivity index (χ1n) is 8.79. The number of rotatable bonds is 8. The summed E-state index contributed by atoms with van der Waals surface area (Å²) in [5, 5.41) is 2.57. The Morgan fingerprint density at radius 3 is 2.50 bits per heavy atom. The Kier molecular flexibility index (Phi) is 6.74. The number of amides is 2. The Hall–Kier alpha value is -2.41. The van der Waals surface area contributed by atoms with Crippen LogP contribution in [-0.4, -0.2) is 55.8 Å². The van der Waals surface area contributed by atoms with E-state index >= 15 is 0 Å². The minimum atomic E-state index is -0.305. The number of nitrogens with one attached hydrogen (secondary N) is 1. The van der Waals surface area contributed by atoms with Gasteiger partial charge in [-0.05, 0) is 42.6 Å². The number of nitrogens with two attached hydrogens (primary N) is 1. The van der Waals surface area contributed by atoms with Crippen LogP contribution in [0.4, 0.5) is 0 Å². The standard InChI is InChI=1S/C19H27N3O4/c1-19(12-20)9-10-22(13-19)18(25)8-7-17(24)21-11-16(23)14-3-5-15(26-2)6-4-14/h3-6H,7-13,20H2,1-2H3,(H,21,24). The van der Waals surface area contributed by atoms with Crippen LogP contribution in [0.25, 0.3) is 0 Å². The molecule has 3 N–H and O–H groups in total. The Morgan fingerprint density at radius 2 is 1.92 bits per heavy atom. The van der Waals surface area contributed by atoms with Gasteiger partial charge in [0, 0.05) is 31.5 Å². The van der Waals surface area contributed by atoms with E-state index in [9.17, 15) is 14.4 Å². The Labute approximate surface area is 153 Å². The van der Waals surface area contributed by atoms with Crippen molar-refractivity contribution < 1.29 is 19.1 Å². The maximum atomic E-state index is 12.2. The molecule has 26 heavy (non-hydrogen) atoms. The molecule has 2 amide bonds. The average Bonchev–Trinajstić information content (AvgIpc) is 3.07. The zero-order valence-corrected chi connectivity index (χ0v) is 15.4. The molecule has 142 valence electrons. The molecule has 0 saturated carbocycles. The first-order valence-corrected chi connectivity index (χ1v) is 8.79. The third-order valence-electron chi connectivity index (χ3n) is 4.83. The third-order valence-corrected chi connectivity index (χ3v) is 4.83. The number of ketones is 1. The van der Waals surface area contributed by atoms with E-state index in [1.165, 1.54) is 0 Å². The quantitative estimate of drug-likeness (QED) is 0.672. The van der Waals surface area contributed by atoms with Gasteiger partial charge in [-0.15, -0.1) is 0 Å². The summed E-state index contributed by atoms with van der Waals surface area (Å²) in [4.78, 5) is 37.9. The summed E-state index contributed by atoms with van der Waals surface area (Å²) >= 11 is 0. The second-order valence-electron chi connectivity index (χ2n) is 7.01.